The molecule has 0 saturated carbocycles. The van der Waals surface area contributed by atoms with Gasteiger partial charge in [-0.3, -0.25) is 0 Å². The molecule has 0 aliphatic carbocycles. The monoisotopic (exact) mass is 575 g/mol. The van der Waals surface area contributed by atoms with E-state index in [0.717, 1.165) is 33.5 Å². The summed E-state index contributed by atoms with van der Waals surface area (Å²) in [5, 5.41) is 2.41. The van der Waals surface area contributed by atoms with Crippen LogP contribution >= 0.6 is 0 Å². The van der Waals surface area contributed by atoms with Gasteiger partial charge >= 0.3 is 231 Å². The Labute approximate surface area is 236 Å². The van der Waals surface area contributed by atoms with Crippen LogP contribution in [0.4, 0.5) is 0 Å². The van der Waals surface area contributed by atoms with E-state index in [0.29, 0.717) is 0 Å². The number of aromatic nitrogens is 3. The SMILES string of the molecule is [CH3][Ge]1([CH3])[c]2ccccc2-c2[c]1n(-c1ccc(-c3nc(-c4ccccc4)c4ccccc4n3)cc1)c1ccccc21. The first-order valence-electron chi connectivity index (χ1n) is 13.8. The number of hydrogen-bond donors (Lipinski definition) is 0. The van der Waals surface area contributed by atoms with Crippen LogP contribution in [0.1, 0.15) is 0 Å². The molecule has 8 rings (SSSR count). The molecule has 0 N–H and O–H groups in total. The number of fused-ring (bicyclic) bond motifs is 6. The van der Waals surface area contributed by atoms with Crippen LogP contribution in [0, 0.1) is 0 Å². The summed E-state index contributed by atoms with van der Waals surface area (Å²) >= 11 is -2.53. The zero-order valence-corrected chi connectivity index (χ0v) is 24.6. The molecule has 0 radical (unpaired) electrons. The van der Waals surface area contributed by atoms with Gasteiger partial charge in [-0.15, -0.1) is 0 Å². The second-order valence-electron chi connectivity index (χ2n) is 11.1. The molecule has 2 aromatic heterocycles. The van der Waals surface area contributed by atoms with Gasteiger partial charge in [0.15, 0.2) is 0 Å². The van der Waals surface area contributed by atoms with Crippen molar-refractivity contribution in [2.75, 3.05) is 0 Å². The standard InChI is InChI=1S/C36H27GeN3/c1-37(2)30-17-9-6-14-27(30)33-29-16-8-11-19-32(29)40(35(33)37)26-22-20-25(21-23-26)36-38-31-18-10-7-15-28(31)34(39-36)24-12-4-3-5-13-24/h3-23H,1-2H3. The van der Waals surface area contributed by atoms with E-state index in [1.54, 1.807) is 4.40 Å². The Morgan fingerprint density at radius 3 is 2.08 bits per heavy atom. The van der Waals surface area contributed by atoms with E-state index in [9.17, 15) is 0 Å². The fourth-order valence-corrected chi connectivity index (χ4v) is 13.6. The Morgan fingerprint density at radius 1 is 0.575 bits per heavy atom. The molecule has 3 heterocycles. The van der Waals surface area contributed by atoms with Gasteiger partial charge in [0.2, 0.25) is 0 Å². The van der Waals surface area contributed by atoms with E-state index in [-0.39, 0.29) is 0 Å². The van der Waals surface area contributed by atoms with Crippen molar-refractivity contribution in [1.29, 1.82) is 0 Å². The van der Waals surface area contributed by atoms with Crippen molar-refractivity contribution < 1.29 is 0 Å². The third-order valence-electron chi connectivity index (χ3n) is 8.37. The summed E-state index contributed by atoms with van der Waals surface area (Å²) in [4.78, 5) is 10.1. The second kappa shape index (κ2) is 8.77. The molecule has 4 heteroatoms. The Hall–Kier alpha value is -4.48. The van der Waals surface area contributed by atoms with Crippen molar-refractivity contribution in [3.8, 4) is 39.5 Å². The summed E-state index contributed by atoms with van der Waals surface area (Å²) in [5.74, 6) is 5.81. The Kier molecular flexibility index (Phi) is 5.13. The zero-order chi connectivity index (χ0) is 26.8. The topological polar surface area (TPSA) is 30.7 Å². The Bertz CT molecular complexity index is 2070. The zero-order valence-electron chi connectivity index (χ0n) is 22.5. The molecule has 0 saturated heterocycles. The van der Waals surface area contributed by atoms with E-state index in [1.165, 1.54) is 32.2 Å². The van der Waals surface area contributed by atoms with E-state index in [4.69, 9.17) is 9.97 Å². The van der Waals surface area contributed by atoms with E-state index in [1.807, 2.05) is 12.1 Å². The predicted octanol–water partition coefficient (Wildman–Crippen LogP) is 7.71. The van der Waals surface area contributed by atoms with Crippen LogP contribution in [-0.2, 0) is 0 Å². The van der Waals surface area contributed by atoms with Crippen molar-refractivity contribution in [2.24, 2.45) is 0 Å². The van der Waals surface area contributed by atoms with E-state index < -0.39 is 13.3 Å². The van der Waals surface area contributed by atoms with Gasteiger partial charge in [0.05, 0.1) is 0 Å². The summed E-state index contributed by atoms with van der Waals surface area (Å²) in [6.07, 6.45) is 0. The average molecular weight is 574 g/mol. The number of hydrogen-bond acceptors (Lipinski definition) is 2. The third kappa shape index (κ3) is 3.37. The summed E-state index contributed by atoms with van der Waals surface area (Å²) in [6, 6.07) is 45.4. The molecule has 0 fully saturated rings. The average Bonchev–Trinajstić information content (AvgIpc) is 3.48. The molecule has 0 unspecified atom stereocenters. The van der Waals surface area contributed by atoms with Crippen LogP contribution in [0.5, 0.6) is 0 Å². The molecule has 40 heavy (non-hydrogen) atoms. The van der Waals surface area contributed by atoms with Gasteiger partial charge in [-0.25, -0.2) is 0 Å². The van der Waals surface area contributed by atoms with Gasteiger partial charge in [-0.1, -0.05) is 6.07 Å². The van der Waals surface area contributed by atoms with Crippen LogP contribution < -0.4 is 8.92 Å². The molecule has 190 valence electrons. The van der Waals surface area contributed by atoms with Crippen molar-refractivity contribution >= 4 is 44.0 Å². The van der Waals surface area contributed by atoms with Gasteiger partial charge < -0.3 is 0 Å². The maximum absolute atomic E-state index is 5.08. The van der Waals surface area contributed by atoms with Gasteiger partial charge in [-0.05, 0) is 0 Å². The molecular formula is C36H27GeN3. The molecule has 1 aliphatic heterocycles. The van der Waals surface area contributed by atoms with Gasteiger partial charge in [0, 0.05) is 0 Å². The number of para-hydroxylation sites is 2. The molecule has 0 bridgehead atoms. The minimum absolute atomic E-state index is 0.747. The van der Waals surface area contributed by atoms with Crippen LogP contribution in [0.15, 0.2) is 127 Å². The Morgan fingerprint density at radius 2 is 1.25 bits per heavy atom. The van der Waals surface area contributed by atoms with Gasteiger partial charge in [-0.2, -0.15) is 0 Å². The number of rotatable bonds is 3. The van der Waals surface area contributed by atoms with Crippen molar-refractivity contribution in [3.63, 3.8) is 0 Å². The summed E-state index contributed by atoms with van der Waals surface area (Å²) in [7, 11) is 0. The summed E-state index contributed by atoms with van der Waals surface area (Å²) in [6.45, 7) is 0. The number of benzene rings is 5. The molecule has 5 aromatic carbocycles. The molecular weight excluding hydrogens is 547 g/mol. The maximum atomic E-state index is 5.08. The fraction of sp³-hybridized carbons (Fsp3) is 0.0556. The Balaban J connectivity index is 1.30. The molecule has 1 aliphatic rings. The van der Waals surface area contributed by atoms with E-state index in [2.05, 4.69) is 131 Å². The second-order valence-corrected chi connectivity index (χ2v) is 20.0. The van der Waals surface area contributed by atoms with Crippen LogP contribution in [0.3, 0.4) is 0 Å². The normalized spacial score (nSPS) is 13.4. The minimum atomic E-state index is -2.53. The van der Waals surface area contributed by atoms with Crippen molar-refractivity contribution in [3.05, 3.63) is 127 Å². The molecule has 3 nitrogen and oxygen atoms in total. The number of nitrogens with zero attached hydrogens (tertiary/aromatic N) is 3. The van der Waals surface area contributed by atoms with Crippen molar-refractivity contribution in [2.45, 2.75) is 11.5 Å². The molecule has 0 atom stereocenters. The molecule has 0 spiro atoms. The van der Waals surface area contributed by atoms with Crippen molar-refractivity contribution in [1.82, 2.24) is 14.5 Å². The first-order valence-corrected chi connectivity index (χ1v) is 20.1. The molecule has 0 amide bonds. The quantitative estimate of drug-likeness (QED) is 0.203. The van der Waals surface area contributed by atoms with Gasteiger partial charge in [0.1, 0.15) is 0 Å². The fourth-order valence-electron chi connectivity index (χ4n) is 6.53. The van der Waals surface area contributed by atoms with Crippen LogP contribution in [0.25, 0.3) is 61.3 Å². The van der Waals surface area contributed by atoms with Crippen LogP contribution in [-0.4, -0.2) is 27.8 Å². The predicted molar refractivity (Wildman–Crippen MR) is 169 cm³/mol. The summed E-state index contributed by atoms with van der Waals surface area (Å²) < 4.78 is 5.63. The first-order chi connectivity index (χ1) is 19.6. The third-order valence-corrected chi connectivity index (χ3v) is 15.6. The van der Waals surface area contributed by atoms with Gasteiger partial charge in [0.25, 0.3) is 0 Å². The van der Waals surface area contributed by atoms with E-state index >= 15 is 0 Å². The molecule has 7 aromatic rings. The first kappa shape index (κ1) is 23.4. The summed E-state index contributed by atoms with van der Waals surface area (Å²) in [5.41, 5.74) is 9.37. The van der Waals surface area contributed by atoms with Crippen LogP contribution in [0.2, 0.25) is 11.5 Å².